The lowest BCUT2D eigenvalue weighted by Gasteiger charge is -2.44. The molecule has 1 fully saturated rings. The number of halogens is 3. The molecule has 176 valence electrons. The van der Waals surface area contributed by atoms with Gasteiger partial charge in [0.15, 0.2) is 5.82 Å². The number of fused-ring (bicyclic) bond motifs is 1. The monoisotopic (exact) mass is 508 g/mol. The molecule has 2 N–H and O–H groups in total. The second kappa shape index (κ2) is 10.4. The van der Waals surface area contributed by atoms with Gasteiger partial charge in [0.2, 0.25) is 5.82 Å². The second-order valence-electron chi connectivity index (χ2n) is 8.47. The van der Waals surface area contributed by atoms with Crippen molar-refractivity contribution < 1.29 is 4.79 Å². The van der Waals surface area contributed by atoms with Gasteiger partial charge in [0.05, 0.1) is 0 Å². The Morgan fingerprint density at radius 1 is 1.06 bits per heavy atom. The topological polar surface area (TPSA) is 89.9 Å². The molecule has 1 aliphatic heterocycles. The van der Waals surface area contributed by atoms with Gasteiger partial charge in [-0.1, -0.05) is 23.7 Å². The van der Waals surface area contributed by atoms with Gasteiger partial charge in [-0.3, -0.25) is 9.78 Å². The van der Waals surface area contributed by atoms with Crippen LogP contribution in [0.5, 0.6) is 0 Å². The highest BCUT2D eigenvalue weighted by atomic mass is 35.5. The van der Waals surface area contributed by atoms with E-state index in [0.29, 0.717) is 31.3 Å². The van der Waals surface area contributed by atoms with E-state index in [9.17, 15) is 4.79 Å². The van der Waals surface area contributed by atoms with Crippen LogP contribution in [0.3, 0.4) is 0 Å². The molecule has 0 atom stereocenters. The minimum absolute atomic E-state index is 0. The molecule has 10 heteroatoms. The minimum Gasteiger partial charge on any atom is -0.331 e. The highest BCUT2D eigenvalue weighted by molar-refractivity contribution is 6.30. The van der Waals surface area contributed by atoms with E-state index < -0.39 is 0 Å². The zero-order valence-corrected chi connectivity index (χ0v) is 20.5. The fourth-order valence-electron chi connectivity index (χ4n) is 5.06. The van der Waals surface area contributed by atoms with Crippen LogP contribution in [-0.4, -0.2) is 49.7 Å². The Morgan fingerprint density at radius 3 is 2.48 bits per heavy atom. The number of aromatic nitrogens is 4. The molecule has 0 saturated heterocycles. The van der Waals surface area contributed by atoms with Crippen LogP contribution in [-0.2, 0) is 12.0 Å². The zero-order valence-electron chi connectivity index (χ0n) is 18.1. The molecule has 0 bridgehead atoms. The van der Waals surface area contributed by atoms with Crippen molar-refractivity contribution in [2.24, 2.45) is 5.73 Å². The molecular weight excluding hydrogens is 483 g/mol. The minimum atomic E-state index is -0.0757. The Balaban J connectivity index is 0.00000153. The Bertz CT molecular complexity index is 1100. The first-order valence-electron chi connectivity index (χ1n) is 10.7. The average Bonchev–Trinajstić information content (AvgIpc) is 3.25. The van der Waals surface area contributed by atoms with Gasteiger partial charge in [0.1, 0.15) is 0 Å². The van der Waals surface area contributed by atoms with Gasteiger partial charge in [-0.2, -0.15) is 0 Å². The van der Waals surface area contributed by atoms with E-state index in [-0.39, 0.29) is 42.2 Å². The molecule has 5 rings (SSSR count). The molecule has 1 aromatic carbocycles. The van der Waals surface area contributed by atoms with Crippen molar-refractivity contribution in [3.8, 4) is 11.4 Å². The number of amides is 1. The standard InChI is InChI=1S/C23H25ClN6O.2ClH/c24-18-5-1-4-17(13-18)23(15-25)8-6-19(7-9-23)29-11-12-30-20(16-3-2-10-26-14-16)27-28-21(30)22(29)31;;/h1-5,10,13-14,19H,6-9,11-12,15,25H2;2*1H. The van der Waals surface area contributed by atoms with Crippen molar-refractivity contribution in [2.75, 3.05) is 13.1 Å². The van der Waals surface area contributed by atoms with Crippen molar-refractivity contribution in [3.05, 3.63) is 65.2 Å². The number of hydrogen-bond donors (Lipinski definition) is 1. The smallest absolute Gasteiger partial charge is 0.292 e. The third-order valence-corrected chi connectivity index (χ3v) is 7.10. The summed E-state index contributed by atoms with van der Waals surface area (Å²) in [6, 6.07) is 12.0. The third-order valence-electron chi connectivity index (χ3n) is 6.87. The Kier molecular flexibility index (Phi) is 8.00. The third kappa shape index (κ3) is 4.60. The van der Waals surface area contributed by atoms with Crippen molar-refractivity contribution in [1.29, 1.82) is 0 Å². The maximum absolute atomic E-state index is 13.3. The Morgan fingerprint density at radius 2 is 1.82 bits per heavy atom. The first-order chi connectivity index (χ1) is 15.1. The number of benzene rings is 1. The van der Waals surface area contributed by atoms with Crippen LogP contribution in [0.2, 0.25) is 5.02 Å². The lowest BCUT2D eigenvalue weighted by atomic mass is 9.68. The van der Waals surface area contributed by atoms with Gasteiger partial charge in [-0.25, -0.2) is 0 Å². The van der Waals surface area contributed by atoms with Crippen LogP contribution in [0, 0.1) is 0 Å². The molecule has 0 radical (unpaired) electrons. The van der Waals surface area contributed by atoms with Crippen molar-refractivity contribution in [2.45, 2.75) is 43.7 Å². The van der Waals surface area contributed by atoms with Crippen molar-refractivity contribution in [1.82, 2.24) is 24.6 Å². The van der Waals surface area contributed by atoms with Crippen LogP contribution < -0.4 is 5.73 Å². The second-order valence-corrected chi connectivity index (χ2v) is 8.90. The molecule has 0 unspecified atom stereocenters. The van der Waals surface area contributed by atoms with Gasteiger partial charge in [-0.15, -0.1) is 35.0 Å². The number of pyridine rings is 1. The number of nitrogens with two attached hydrogens (primary N) is 1. The largest absolute Gasteiger partial charge is 0.331 e. The average molecular weight is 510 g/mol. The molecule has 3 aromatic rings. The Labute approximate surface area is 210 Å². The number of carbonyl (C=O) groups is 1. The van der Waals surface area contributed by atoms with Gasteiger partial charge < -0.3 is 15.2 Å². The van der Waals surface area contributed by atoms with E-state index in [0.717, 1.165) is 36.3 Å². The molecule has 2 aromatic heterocycles. The summed E-state index contributed by atoms with van der Waals surface area (Å²) in [7, 11) is 0. The highest BCUT2D eigenvalue weighted by Crippen LogP contribution is 2.41. The first kappa shape index (κ1) is 25.4. The predicted octanol–water partition coefficient (Wildman–Crippen LogP) is 4.13. The van der Waals surface area contributed by atoms with Crippen LogP contribution >= 0.6 is 36.4 Å². The summed E-state index contributed by atoms with van der Waals surface area (Å²) in [4.78, 5) is 19.4. The van der Waals surface area contributed by atoms with Gasteiger partial charge >= 0.3 is 0 Å². The van der Waals surface area contributed by atoms with Crippen LogP contribution in [0.15, 0.2) is 48.8 Å². The predicted molar refractivity (Wildman–Crippen MR) is 133 cm³/mol. The van der Waals surface area contributed by atoms with E-state index in [1.807, 2.05) is 39.8 Å². The summed E-state index contributed by atoms with van der Waals surface area (Å²) in [5, 5.41) is 9.24. The number of rotatable bonds is 4. The summed E-state index contributed by atoms with van der Waals surface area (Å²) in [5.41, 5.74) is 8.24. The summed E-state index contributed by atoms with van der Waals surface area (Å²) < 4.78 is 1.91. The SMILES string of the molecule is Cl.Cl.NCC1(c2cccc(Cl)c2)CCC(N2CCn3c(nnc3-c3cccnc3)C2=O)CC1. The summed E-state index contributed by atoms with van der Waals surface area (Å²) in [6.07, 6.45) is 7.17. The Hall–Kier alpha value is -2.19. The first-order valence-corrected chi connectivity index (χ1v) is 11.1. The van der Waals surface area contributed by atoms with Crippen molar-refractivity contribution in [3.63, 3.8) is 0 Å². The molecule has 33 heavy (non-hydrogen) atoms. The van der Waals surface area contributed by atoms with E-state index in [4.69, 9.17) is 17.3 Å². The molecule has 0 spiro atoms. The summed E-state index contributed by atoms with van der Waals surface area (Å²) in [6.45, 7) is 1.93. The summed E-state index contributed by atoms with van der Waals surface area (Å²) >= 11 is 6.23. The zero-order chi connectivity index (χ0) is 21.4. The quantitative estimate of drug-likeness (QED) is 0.571. The molecule has 7 nitrogen and oxygen atoms in total. The van der Waals surface area contributed by atoms with E-state index in [1.54, 1.807) is 12.4 Å². The van der Waals surface area contributed by atoms with Crippen molar-refractivity contribution >= 4 is 42.3 Å². The molecular formula is C23H27Cl3N6O. The van der Waals surface area contributed by atoms with E-state index in [1.165, 1.54) is 5.56 Å². The van der Waals surface area contributed by atoms with Gasteiger partial charge in [-0.05, 0) is 55.5 Å². The molecule has 1 amide bonds. The number of carbonyl (C=O) groups excluding carboxylic acids is 1. The lowest BCUT2D eigenvalue weighted by molar-refractivity contribution is 0.0523. The molecule has 1 saturated carbocycles. The van der Waals surface area contributed by atoms with Crippen LogP contribution in [0.4, 0.5) is 0 Å². The van der Waals surface area contributed by atoms with E-state index in [2.05, 4.69) is 21.2 Å². The highest BCUT2D eigenvalue weighted by Gasteiger charge is 2.40. The lowest BCUT2D eigenvalue weighted by Crippen LogP contribution is -2.50. The molecule has 3 heterocycles. The molecule has 2 aliphatic rings. The normalized spacial score (nSPS) is 22.2. The maximum atomic E-state index is 13.3. The van der Waals surface area contributed by atoms with Crippen LogP contribution in [0.25, 0.3) is 11.4 Å². The van der Waals surface area contributed by atoms with E-state index >= 15 is 0 Å². The van der Waals surface area contributed by atoms with Gasteiger partial charge in [0.25, 0.3) is 5.91 Å². The fourth-order valence-corrected chi connectivity index (χ4v) is 5.25. The molecule has 1 aliphatic carbocycles. The number of hydrogen-bond acceptors (Lipinski definition) is 5. The maximum Gasteiger partial charge on any atom is 0.292 e. The fraction of sp³-hybridized carbons (Fsp3) is 0.391. The summed E-state index contributed by atoms with van der Waals surface area (Å²) in [5.74, 6) is 1.07. The van der Waals surface area contributed by atoms with Crippen LogP contribution in [0.1, 0.15) is 41.9 Å². The van der Waals surface area contributed by atoms with Gasteiger partial charge in [0, 0.05) is 54.1 Å². The number of nitrogens with zero attached hydrogens (tertiary/aromatic N) is 5.